The van der Waals surface area contributed by atoms with Crippen LogP contribution >= 0.6 is 0 Å². The topological polar surface area (TPSA) is 29.9 Å². The van der Waals surface area contributed by atoms with Crippen LogP contribution in [-0.2, 0) is 25.7 Å². The fourth-order valence-corrected chi connectivity index (χ4v) is 3.41. The minimum atomic E-state index is -4.33. The smallest absolute Gasteiger partial charge is 0.311 e. The first kappa shape index (κ1) is 13.9. The van der Waals surface area contributed by atoms with E-state index in [2.05, 4.69) is 10.4 Å². The molecule has 1 saturated carbocycles. The van der Waals surface area contributed by atoms with E-state index < -0.39 is 11.9 Å². The molecular formula is C14H20F3N3. The van der Waals surface area contributed by atoms with Gasteiger partial charge in [0, 0.05) is 18.7 Å². The first-order valence-electron chi connectivity index (χ1n) is 7.42. The zero-order valence-corrected chi connectivity index (χ0v) is 11.5. The van der Waals surface area contributed by atoms with Crippen LogP contribution < -0.4 is 5.32 Å². The Balaban J connectivity index is 1.88. The van der Waals surface area contributed by atoms with Crippen LogP contribution in [0.4, 0.5) is 13.2 Å². The lowest BCUT2D eigenvalue weighted by Crippen LogP contribution is -2.27. The maximum Gasteiger partial charge on any atom is 0.435 e. The van der Waals surface area contributed by atoms with Gasteiger partial charge in [-0.15, -0.1) is 0 Å². The molecule has 1 fully saturated rings. The van der Waals surface area contributed by atoms with E-state index in [-0.39, 0.29) is 0 Å². The molecule has 0 bridgehead atoms. The van der Waals surface area contributed by atoms with E-state index in [0.717, 1.165) is 18.5 Å². The average Bonchev–Trinajstić information content (AvgIpc) is 2.79. The average molecular weight is 287 g/mol. The first-order valence-corrected chi connectivity index (χ1v) is 7.42. The molecule has 6 heteroatoms. The number of hydrogen-bond donors (Lipinski definition) is 1. The summed E-state index contributed by atoms with van der Waals surface area (Å²) in [6, 6.07) is 0. The van der Waals surface area contributed by atoms with Crippen LogP contribution in [0.3, 0.4) is 0 Å². The molecule has 0 spiro atoms. The molecule has 0 atom stereocenters. The largest absolute Gasteiger partial charge is 0.435 e. The fraction of sp³-hybridized carbons (Fsp3) is 0.786. The van der Waals surface area contributed by atoms with Gasteiger partial charge in [0.15, 0.2) is 5.69 Å². The Morgan fingerprint density at radius 1 is 1.20 bits per heavy atom. The van der Waals surface area contributed by atoms with Crippen molar-refractivity contribution in [3.63, 3.8) is 0 Å². The molecule has 0 saturated heterocycles. The van der Waals surface area contributed by atoms with Gasteiger partial charge in [-0.25, -0.2) is 0 Å². The lowest BCUT2D eigenvalue weighted by molar-refractivity contribution is -0.142. The van der Waals surface area contributed by atoms with Crippen molar-refractivity contribution in [1.82, 2.24) is 15.1 Å². The second-order valence-electron chi connectivity index (χ2n) is 5.88. The predicted molar refractivity (Wildman–Crippen MR) is 69.2 cm³/mol. The molecule has 0 aromatic carbocycles. The Labute approximate surface area is 116 Å². The fourth-order valence-electron chi connectivity index (χ4n) is 3.41. The van der Waals surface area contributed by atoms with Gasteiger partial charge in [0.1, 0.15) is 0 Å². The van der Waals surface area contributed by atoms with Gasteiger partial charge in [0.2, 0.25) is 0 Å². The maximum absolute atomic E-state index is 13.1. The van der Waals surface area contributed by atoms with Gasteiger partial charge in [-0.1, -0.05) is 19.3 Å². The van der Waals surface area contributed by atoms with Crippen molar-refractivity contribution in [2.45, 2.75) is 57.8 Å². The number of aromatic nitrogens is 2. The van der Waals surface area contributed by atoms with Crippen LogP contribution in [-0.4, -0.2) is 16.3 Å². The summed E-state index contributed by atoms with van der Waals surface area (Å²) in [7, 11) is 0. The van der Waals surface area contributed by atoms with E-state index in [9.17, 15) is 13.2 Å². The third-order valence-corrected chi connectivity index (χ3v) is 4.44. The molecule has 0 unspecified atom stereocenters. The molecule has 1 N–H and O–H groups in total. The quantitative estimate of drug-likeness (QED) is 0.905. The molecule has 1 aliphatic heterocycles. The highest BCUT2D eigenvalue weighted by Gasteiger charge is 2.39. The van der Waals surface area contributed by atoms with Gasteiger partial charge >= 0.3 is 6.18 Å². The Morgan fingerprint density at radius 2 is 1.95 bits per heavy atom. The van der Waals surface area contributed by atoms with Gasteiger partial charge < -0.3 is 5.32 Å². The molecule has 20 heavy (non-hydrogen) atoms. The Hall–Kier alpha value is -1.04. The molecule has 0 radical (unpaired) electrons. The van der Waals surface area contributed by atoms with E-state index >= 15 is 0 Å². The van der Waals surface area contributed by atoms with Gasteiger partial charge in [-0.3, -0.25) is 4.68 Å². The summed E-state index contributed by atoms with van der Waals surface area (Å²) in [6.45, 7) is 1.75. The van der Waals surface area contributed by atoms with Crippen molar-refractivity contribution < 1.29 is 13.2 Å². The molecule has 3 nitrogen and oxygen atoms in total. The summed E-state index contributed by atoms with van der Waals surface area (Å²) >= 11 is 0. The molecule has 112 valence electrons. The second kappa shape index (κ2) is 5.39. The number of halogens is 3. The van der Waals surface area contributed by atoms with Crippen molar-refractivity contribution in [3.05, 3.63) is 17.0 Å². The highest BCUT2D eigenvalue weighted by molar-refractivity contribution is 5.30. The molecular weight excluding hydrogens is 267 g/mol. The minimum Gasteiger partial charge on any atom is -0.311 e. The molecule has 1 aromatic rings. The summed E-state index contributed by atoms with van der Waals surface area (Å²) in [5.74, 6) is 0.482. The molecule has 0 amide bonds. The predicted octanol–water partition coefficient (Wildman–Crippen LogP) is 3.13. The van der Waals surface area contributed by atoms with Gasteiger partial charge in [-0.2, -0.15) is 18.3 Å². The number of nitrogens with zero attached hydrogens (tertiary/aromatic N) is 2. The third kappa shape index (κ3) is 2.71. The zero-order chi connectivity index (χ0) is 14.2. The number of fused-ring (bicyclic) bond motifs is 1. The van der Waals surface area contributed by atoms with Crippen LogP contribution in [0.15, 0.2) is 0 Å². The van der Waals surface area contributed by atoms with Gasteiger partial charge in [0.05, 0.1) is 5.69 Å². The first-order chi connectivity index (χ1) is 9.55. The molecule has 3 rings (SSSR count). The van der Waals surface area contributed by atoms with Crippen LogP contribution in [0.5, 0.6) is 0 Å². The highest BCUT2D eigenvalue weighted by atomic mass is 19.4. The summed E-state index contributed by atoms with van der Waals surface area (Å²) < 4.78 is 40.8. The van der Waals surface area contributed by atoms with Crippen molar-refractivity contribution in [2.24, 2.45) is 5.92 Å². The van der Waals surface area contributed by atoms with Crippen LogP contribution in [0.2, 0.25) is 0 Å². The summed E-state index contributed by atoms with van der Waals surface area (Å²) in [5, 5.41) is 7.06. The zero-order valence-electron chi connectivity index (χ0n) is 11.5. The van der Waals surface area contributed by atoms with E-state index in [0.29, 0.717) is 37.5 Å². The molecule has 1 aromatic heterocycles. The molecule has 2 aliphatic rings. The lowest BCUT2D eigenvalue weighted by Gasteiger charge is -2.23. The number of rotatable bonds is 2. The van der Waals surface area contributed by atoms with Crippen molar-refractivity contribution in [2.75, 3.05) is 6.54 Å². The lowest BCUT2D eigenvalue weighted by atomic mass is 9.89. The van der Waals surface area contributed by atoms with Crippen molar-refractivity contribution in [3.8, 4) is 0 Å². The van der Waals surface area contributed by atoms with Crippen LogP contribution in [0.1, 0.15) is 49.1 Å². The number of nitrogens with one attached hydrogen (secondary N) is 1. The molecule has 1 aliphatic carbocycles. The minimum absolute atomic E-state index is 0.409. The molecule has 2 heterocycles. The standard InChI is InChI=1S/C14H20F3N3/c15-14(16,17)13-11-6-7-18-8-12(11)20(19-13)9-10-4-2-1-3-5-10/h10,18H,1-9H2. The van der Waals surface area contributed by atoms with Crippen LogP contribution in [0.25, 0.3) is 0 Å². The Bertz CT molecular complexity index is 473. The Kier molecular flexibility index (Phi) is 3.75. The summed E-state index contributed by atoms with van der Waals surface area (Å²) in [4.78, 5) is 0. The number of alkyl halides is 3. The highest BCUT2D eigenvalue weighted by Crippen LogP contribution is 2.34. The second-order valence-corrected chi connectivity index (χ2v) is 5.88. The Morgan fingerprint density at radius 3 is 2.65 bits per heavy atom. The van der Waals surface area contributed by atoms with E-state index in [1.54, 1.807) is 4.68 Å². The van der Waals surface area contributed by atoms with Crippen LogP contribution in [0, 0.1) is 5.92 Å². The van der Waals surface area contributed by atoms with E-state index in [1.807, 2.05) is 0 Å². The van der Waals surface area contributed by atoms with Crippen molar-refractivity contribution in [1.29, 1.82) is 0 Å². The summed E-state index contributed by atoms with van der Waals surface area (Å²) in [6.07, 6.45) is 1.96. The summed E-state index contributed by atoms with van der Waals surface area (Å²) in [5.41, 5.74) is 0.492. The normalized spacial score (nSPS) is 20.9. The van der Waals surface area contributed by atoms with E-state index in [4.69, 9.17) is 0 Å². The van der Waals surface area contributed by atoms with Crippen molar-refractivity contribution >= 4 is 0 Å². The van der Waals surface area contributed by atoms with Gasteiger partial charge in [0.25, 0.3) is 0 Å². The maximum atomic E-state index is 13.1. The van der Waals surface area contributed by atoms with E-state index in [1.165, 1.54) is 19.3 Å². The SMILES string of the molecule is FC(F)(F)c1nn(CC2CCCCC2)c2c1CCNC2. The van der Waals surface area contributed by atoms with Gasteiger partial charge in [-0.05, 0) is 31.7 Å². The number of hydrogen-bond acceptors (Lipinski definition) is 2. The third-order valence-electron chi connectivity index (χ3n) is 4.44. The monoisotopic (exact) mass is 287 g/mol.